The first-order chi connectivity index (χ1) is 8.81. The summed E-state index contributed by atoms with van der Waals surface area (Å²) in [6, 6.07) is 3.77. The third-order valence-corrected chi connectivity index (χ3v) is 3.21. The monoisotopic (exact) mass is 265 g/mol. The molecule has 2 N–H and O–H groups in total. The summed E-state index contributed by atoms with van der Waals surface area (Å²) in [7, 11) is 0. The van der Waals surface area contributed by atoms with Crippen molar-refractivity contribution in [3.05, 3.63) is 30.5 Å². The summed E-state index contributed by atoms with van der Waals surface area (Å²) >= 11 is 1.50. The van der Waals surface area contributed by atoms with Gasteiger partial charge < -0.3 is 14.9 Å². The number of nitrogens with two attached hydrogens (primary N) is 1. The minimum Gasteiger partial charge on any atom is -0.476 e. The molecule has 96 valence electrons. The number of ether oxygens (including phenoxy) is 1. The highest BCUT2D eigenvalue weighted by molar-refractivity contribution is 7.98. The maximum absolute atomic E-state index is 5.96. The van der Waals surface area contributed by atoms with Crippen LogP contribution in [-0.4, -0.2) is 16.6 Å². The average molecular weight is 265 g/mol. The van der Waals surface area contributed by atoms with Crippen molar-refractivity contribution in [3.8, 4) is 5.88 Å². The van der Waals surface area contributed by atoms with Gasteiger partial charge in [-0.15, -0.1) is 0 Å². The topological polar surface area (TPSA) is 74.2 Å². The molecule has 0 aromatic carbocycles. The molecule has 0 fully saturated rings. The van der Waals surface area contributed by atoms with Crippen LogP contribution in [0.3, 0.4) is 0 Å². The minimum absolute atomic E-state index is 0.453. The highest BCUT2D eigenvalue weighted by atomic mass is 32.2. The number of aromatic nitrogens is 2. The number of thioether (sulfide) groups is 1. The van der Waals surface area contributed by atoms with Crippen molar-refractivity contribution in [3.63, 3.8) is 0 Å². The van der Waals surface area contributed by atoms with Crippen molar-refractivity contribution >= 4 is 17.4 Å². The van der Waals surface area contributed by atoms with E-state index in [0.29, 0.717) is 29.0 Å². The molecule has 2 aromatic rings. The number of nitrogen functional groups attached to an aromatic ring is 1. The predicted octanol–water partition coefficient (Wildman–Crippen LogP) is 2.73. The van der Waals surface area contributed by atoms with Gasteiger partial charge in [0.15, 0.2) is 0 Å². The summed E-state index contributed by atoms with van der Waals surface area (Å²) in [6.45, 7) is 2.63. The molecular formula is C12H15N3O2S. The van der Waals surface area contributed by atoms with Gasteiger partial charge in [0, 0.05) is 0 Å². The molecule has 2 rings (SSSR count). The van der Waals surface area contributed by atoms with Gasteiger partial charge in [0.1, 0.15) is 22.8 Å². The van der Waals surface area contributed by atoms with Gasteiger partial charge in [0.05, 0.1) is 18.6 Å². The van der Waals surface area contributed by atoms with Crippen LogP contribution in [0.15, 0.2) is 34.2 Å². The van der Waals surface area contributed by atoms with Gasteiger partial charge in [-0.1, -0.05) is 18.7 Å². The molecule has 0 radical (unpaired) electrons. The molecule has 0 amide bonds. The van der Waals surface area contributed by atoms with Crippen LogP contribution in [0.2, 0.25) is 0 Å². The highest BCUT2D eigenvalue weighted by Crippen LogP contribution is 2.30. The molecule has 0 saturated heterocycles. The summed E-state index contributed by atoms with van der Waals surface area (Å²) < 4.78 is 10.7. The molecule has 0 spiro atoms. The Bertz CT molecular complexity index is 488. The van der Waals surface area contributed by atoms with Crippen molar-refractivity contribution in [1.82, 2.24) is 9.97 Å². The SMILES string of the molecule is CCCOc1ncnc(SCc2ccco2)c1N. The fraction of sp³-hybridized carbons (Fsp3) is 0.333. The van der Waals surface area contributed by atoms with Crippen molar-refractivity contribution < 1.29 is 9.15 Å². The average Bonchev–Trinajstić information content (AvgIpc) is 2.89. The second-order valence-electron chi connectivity index (χ2n) is 3.61. The number of hydrogen-bond donors (Lipinski definition) is 1. The minimum atomic E-state index is 0.453. The Kier molecular flexibility index (Phi) is 4.46. The van der Waals surface area contributed by atoms with Crippen molar-refractivity contribution in [2.75, 3.05) is 12.3 Å². The number of anilines is 1. The molecule has 0 bridgehead atoms. The van der Waals surface area contributed by atoms with Crippen LogP contribution < -0.4 is 10.5 Å². The normalized spacial score (nSPS) is 10.5. The Balaban J connectivity index is 2.03. The van der Waals surface area contributed by atoms with Gasteiger partial charge >= 0.3 is 0 Å². The summed E-state index contributed by atoms with van der Waals surface area (Å²) in [5.41, 5.74) is 6.45. The number of rotatable bonds is 6. The van der Waals surface area contributed by atoms with Crippen molar-refractivity contribution in [1.29, 1.82) is 0 Å². The zero-order chi connectivity index (χ0) is 12.8. The smallest absolute Gasteiger partial charge is 0.241 e. The molecule has 0 saturated carbocycles. The lowest BCUT2D eigenvalue weighted by Crippen LogP contribution is -2.03. The van der Waals surface area contributed by atoms with E-state index in [2.05, 4.69) is 9.97 Å². The van der Waals surface area contributed by atoms with Crippen LogP contribution in [0.1, 0.15) is 19.1 Å². The van der Waals surface area contributed by atoms with E-state index in [0.717, 1.165) is 12.2 Å². The Morgan fingerprint density at radius 2 is 2.33 bits per heavy atom. The summed E-state index contributed by atoms with van der Waals surface area (Å²) in [6.07, 6.45) is 4.03. The van der Waals surface area contributed by atoms with Crippen LogP contribution in [0.5, 0.6) is 5.88 Å². The lowest BCUT2D eigenvalue weighted by Gasteiger charge is -2.08. The van der Waals surface area contributed by atoms with Gasteiger partial charge in [-0.05, 0) is 18.6 Å². The molecule has 6 heteroatoms. The first-order valence-electron chi connectivity index (χ1n) is 5.69. The molecule has 0 aliphatic heterocycles. The van der Waals surface area contributed by atoms with E-state index in [-0.39, 0.29) is 0 Å². The summed E-state index contributed by atoms with van der Waals surface area (Å²) in [5.74, 6) is 2.02. The zero-order valence-electron chi connectivity index (χ0n) is 10.1. The van der Waals surface area contributed by atoms with Crippen LogP contribution in [0.4, 0.5) is 5.69 Å². The fourth-order valence-electron chi connectivity index (χ4n) is 1.33. The summed E-state index contributed by atoms with van der Waals surface area (Å²) in [4.78, 5) is 8.18. The Hall–Kier alpha value is -1.69. The standard InChI is InChI=1S/C12H15N3O2S/c1-2-5-17-11-10(13)12(15-8-14-11)18-7-9-4-3-6-16-9/h3-4,6,8H,2,5,7,13H2,1H3. The Morgan fingerprint density at radius 3 is 3.06 bits per heavy atom. The first kappa shape index (κ1) is 12.8. The second-order valence-corrected chi connectivity index (χ2v) is 4.58. The van der Waals surface area contributed by atoms with Gasteiger partial charge in [0.25, 0.3) is 0 Å². The van der Waals surface area contributed by atoms with E-state index in [1.54, 1.807) is 6.26 Å². The van der Waals surface area contributed by atoms with E-state index < -0.39 is 0 Å². The van der Waals surface area contributed by atoms with Crippen LogP contribution in [0, 0.1) is 0 Å². The third-order valence-electron chi connectivity index (χ3n) is 2.18. The van der Waals surface area contributed by atoms with Gasteiger partial charge in [-0.2, -0.15) is 4.98 Å². The van der Waals surface area contributed by atoms with E-state index >= 15 is 0 Å². The second kappa shape index (κ2) is 6.30. The third kappa shape index (κ3) is 3.16. The molecule has 0 aliphatic carbocycles. The van der Waals surface area contributed by atoms with Crippen LogP contribution >= 0.6 is 11.8 Å². The van der Waals surface area contributed by atoms with Crippen molar-refractivity contribution in [2.24, 2.45) is 0 Å². The van der Waals surface area contributed by atoms with Crippen molar-refractivity contribution in [2.45, 2.75) is 24.1 Å². The Morgan fingerprint density at radius 1 is 1.44 bits per heavy atom. The van der Waals surface area contributed by atoms with Crippen LogP contribution in [-0.2, 0) is 5.75 Å². The van der Waals surface area contributed by atoms with E-state index in [1.807, 2.05) is 19.1 Å². The maximum atomic E-state index is 5.96. The lowest BCUT2D eigenvalue weighted by atomic mass is 10.5. The highest BCUT2D eigenvalue weighted by Gasteiger charge is 2.10. The molecule has 5 nitrogen and oxygen atoms in total. The quantitative estimate of drug-likeness (QED) is 0.639. The first-order valence-corrected chi connectivity index (χ1v) is 6.68. The molecule has 2 aromatic heterocycles. The molecule has 0 atom stereocenters. The van der Waals surface area contributed by atoms with Gasteiger partial charge in [-0.25, -0.2) is 4.98 Å². The Labute approximate surface area is 110 Å². The maximum Gasteiger partial charge on any atom is 0.241 e. The molecule has 18 heavy (non-hydrogen) atoms. The lowest BCUT2D eigenvalue weighted by molar-refractivity contribution is 0.305. The van der Waals surface area contributed by atoms with E-state index in [4.69, 9.17) is 14.9 Å². The number of nitrogens with zero attached hydrogens (tertiary/aromatic N) is 2. The zero-order valence-corrected chi connectivity index (χ0v) is 10.9. The van der Waals surface area contributed by atoms with E-state index in [9.17, 15) is 0 Å². The largest absolute Gasteiger partial charge is 0.476 e. The fourth-order valence-corrected chi connectivity index (χ4v) is 2.14. The summed E-state index contributed by atoms with van der Waals surface area (Å²) in [5, 5.41) is 0.715. The number of hydrogen-bond acceptors (Lipinski definition) is 6. The molecule has 2 heterocycles. The predicted molar refractivity (Wildman–Crippen MR) is 70.5 cm³/mol. The van der Waals surface area contributed by atoms with Crippen LogP contribution in [0.25, 0.3) is 0 Å². The molecular weight excluding hydrogens is 250 g/mol. The van der Waals surface area contributed by atoms with Gasteiger partial charge in [-0.3, -0.25) is 0 Å². The van der Waals surface area contributed by atoms with Gasteiger partial charge in [0.2, 0.25) is 5.88 Å². The molecule has 0 unspecified atom stereocenters. The molecule has 0 aliphatic rings. The van der Waals surface area contributed by atoms with E-state index in [1.165, 1.54) is 18.1 Å². The number of furan rings is 1.